The molecule has 3 rings (SSSR count). The molecule has 2 aromatic carbocycles. The summed E-state index contributed by atoms with van der Waals surface area (Å²) in [5.74, 6) is -0.636. The molecule has 1 aliphatic carbocycles. The van der Waals surface area contributed by atoms with Crippen molar-refractivity contribution in [3.63, 3.8) is 0 Å². The molecule has 1 saturated carbocycles. The van der Waals surface area contributed by atoms with Gasteiger partial charge in [-0.15, -0.1) is 0 Å². The normalized spacial score (nSPS) is 15.0. The highest BCUT2D eigenvalue weighted by Crippen LogP contribution is 2.32. The minimum absolute atomic E-state index is 0.00347. The number of rotatable bonds is 8. The van der Waals surface area contributed by atoms with Crippen LogP contribution in [0.25, 0.3) is 0 Å². The van der Waals surface area contributed by atoms with Gasteiger partial charge < -0.3 is 14.8 Å². The number of para-hydroxylation sites is 1. The van der Waals surface area contributed by atoms with Crippen molar-refractivity contribution in [3.8, 4) is 11.5 Å². The van der Waals surface area contributed by atoms with Gasteiger partial charge in [0, 0.05) is 12.1 Å². The van der Waals surface area contributed by atoms with E-state index >= 15 is 0 Å². The van der Waals surface area contributed by atoms with Crippen LogP contribution in [0.3, 0.4) is 0 Å². The van der Waals surface area contributed by atoms with Crippen molar-refractivity contribution >= 4 is 21.6 Å². The summed E-state index contributed by atoms with van der Waals surface area (Å²) in [5.41, 5.74) is -0.196. The van der Waals surface area contributed by atoms with E-state index in [4.69, 9.17) is 9.47 Å². The Balaban J connectivity index is 1.94. The van der Waals surface area contributed by atoms with Gasteiger partial charge in [0.1, 0.15) is 12.4 Å². The highest BCUT2D eigenvalue weighted by molar-refractivity contribution is 7.92. The molecule has 0 aromatic heterocycles. The van der Waals surface area contributed by atoms with E-state index in [2.05, 4.69) is 5.32 Å². The SMILES string of the molecule is COc1ccc(S(=O)(=O)N(CC(=O)NC2CCCCCC2)c2ccccc2F)cc1OC. The van der Waals surface area contributed by atoms with Gasteiger partial charge in [-0.3, -0.25) is 9.10 Å². The van der Waals surface area contributed by atoms with Gasteiger partial charge in [-0.05, 0) is 37.1 Å². The Hall–Kier alpha value is -2.81. The summed E-state index contributed by atoms with van der Waals surface area (Å²) in [6, 6.07) is 9.58. The highest BCUT2D eigenvalue weighted by atomic mass is 32.2. The lowest BCUT2D eigenvalue weighted by Crippen LogP contribution is -2.44. The lowest BCUT2D eigenvalue weighted by Gasteiger charge is -2.26. The molecule has 174 valence electrons. The van der Waals surface area contributed by atoms with Crippen molar-refractivity contribution in [1.29, 1.82) is 0 Å². The summed E-state index contributed by atoms with van der Waals surface area (Å²) in [4.78, 5) is 12.7. The predicted molar refractivity (Wildman–Crippen MR) is 120 cm³/mol. The summed E-state index contributed by atoms with van der Waals surface area (Å²) in [7, 11) is -1.45. The minimum atomic E-state index is -4.28. The van der Waals surface area contributed by atoms with Crippen LogP contribution in [0.15, 0.2) is 47.4 Å². The fraction of sp³-hybridized carbons (Fsp3) is 0.435. The first kappa shape index (κ1) is 23.8. The van der Waals surface area contributed by atoms with Crippen LogP contribution in [0.2, 0.25) is 0 Å². The number of anilines is 1. The molecule has 0 bridgehead atoms. The first-order valence-electron chi connectivity index (χ1n) is 10.7. The molecule has 1 N–H and O–H groups in total. The number of benzene rings is 2. The molecule has 0 unspecified atom stereocenters. The number of sulfonamides is 1. The van der Waals surface area contributed by atoms with E-state index in [1.807, 2.05) is 0 Å². The zero-order valence-corrected chi connectivity index (χ0v) is 19.2. The van der Waals surface area contributed by atoms with Crippen molar-refractivity contribution in [1.82, 2.24) is 5.32 Å². The van der Waals surface area contributed by atoms with Crippen LogP contribution in [0.4, 0.5) is 10.1 Å². The average Bonchev–Trinajstić information content (AvgIpc) is 3.06. The van der Waals surface area contributed by atoms with Gasteiger partial charge in [0.05, 0.1) is 24.8 Å². The standard InChI is InChI=1S/C23H29FN2O5S/c1-30-21-14-13-18(15-22(21)31-2)32(28,29)26(20-12-8-7-11-19(20)24)16-23(27)25-17-9-5-3-4-6-10-17/h7-8,11-15,17H,3-6,9-10,16H2,1-2H3,(H,25,27). The first-order chi connectivity index (χ1) is 15.4. The molecule has 0 spiro atoms. The third-order valence-electron chi connectivity index (χ3n) is 5.57. The third kappa shape index (κ3) is 5.51. The molecule has 1 aliphatic rings. The largest absolute Gasteiger partial charge is 0.493 e. The molecular formula is C23H29FN2O5S. The summed E-state index contributed by atoms with van der Waals surface area (Å²) in [6.45, 7) is -0.534. The van der Waals surface area contributed by atoms with E-state index < -0.39 is 28.3 Å². The number of ether oxygens (including phenoxy) is 2. The van der Waals surface area contributed by atoms with Gasteiger partial charge in [-0.25, -0.2) is 12.8 Å². The number of halogens is 1. The maximum absolute atomic E-state index is 14.6. The summed E-state index contributed by atoms with van der Waals surface area (Å²) < 4.78 is 52.9. The van der Waals surface area contributed by atoms with Crippen molar-refractivity contribution in [2.45, 2.75) is 49.5 Å². The number of carbonyl (C=O) groups excluding carboxylic acids is 1. The zero-order valence-electron chi connectivity index (χ0n) is 18.3. The third-order valence-corrected chi connectivity index (χ3v) is 7.33. The molecule has 7 nitrogen and oxygen atoms in total. The number of hydrogen-bond acceptors (Lipinski definition) is 5. The van der Waals surface area contributed by atoms with E-state index in [1.54, 1.807) is 0 Å². The Morgan fingerprint density at radius 2 is 1.69 bits per heavy atom. The molecule has 0 atom stereocenters. The Bertz CT molecular complexity index is 1040. The Kier molecular flexibility index (Phi) is 7.95. The van der Waals surface area contributed by atoms with Gasteiger partial charge in [-0.2, -0.15) is 0 Å². The van der Waals surface area contributed by atoms with Crippen LogP contribution in [0, 0.1) is 5.82 Å². The van der Waals surface area contributed by atoms with E-state index in [0.717, 1.165) is 48.9 Å². The van der Waals surface area contributed by atoms with Gasteiger partial charge >= 0.3 is 0 Å². The lowest BCUT2D eigenvalue weighted by molar-refractivity contribution is -0.120. The molecule has 0 saturated heterocycles. The van der Waals surface area contributed by atoms with E-state index in [1.165, 1.54) is 50.6 Å². The zero-order chi connectivity index (χ0) is 23.1. The van der Waals surface area contributed by atoms with Gasteiger partial charge in [-0.1, -0.05) is 37.8 Å². The molecule has 2 aromatic rings. The van der Waals surface area contributed by atoms with Crippen molar-refractivity contribution in [3.05, 3.63) is 48.3 Å². The topological polar surface area (TPSA) is 84.9 Å². The van der Waals surface area contributed by atoms with Crippen molar-refractivity contribution < 1.29 is 27.1 Å². The maximum Gasteiger partial charge on any atom is 0.265 e. The Morgan fingerprint density at radius 1 is 1.03 bits per heavy atom. The summed E-state index contributed by atoms with van der Waals surface area (Å²) in [5, 5.41) is 2.93. The number of nitrogens with one attached hydrogen (secondary N) is 1. The summed E-state index contributed by atoms with van der Waals surface area (Å²) >= 11 is 0. The average molecular weight is 465 g/mol. The van der Waals surface area contributed by atoms with Crippen LogP contribution in [-0.2, 0) is 14.8 Å². The Labute approximate surface area is 188 Å². The summed E-state index contributed by atoms with van der Waals surface area (Å²) in [6.07, 6.45) is 6.00. The van der Waals surface area contributed by atoms with Crippen LogP contribution < -0.4 is 19.1 Å². The molecule has 1 amide bonds. The van der Waals surface area contributed by atoms with E-state index in [0.29, 0.717) is 5.75 Å². The van der Waals surface area contributed by atoms with Crippen LogP contribution >= 0.6 is 0 Å². The van der Waals surface area contributed by atoms with Crippen molar-refractivity contribution in [2.75, 3.05) is 25.1 Å². The fourth-order valence-corrected chi connectivity index (χ4v) is 5.33. The molecule has 9 heteroatoms. The smallest absolute Gasteiger partial charge is 0.265 e. The number of carbonyl (C=O) groups is 1. The van der Waals surface area contributed by atoms with Gasteiger partial charge in [0.2, 0.25) is 5.91 Å². The van der Waals surface area contributed by atoms with Crippen LogP contribution in [0.5, 0.6) is 11.5 Å². The van der Waals surface area contributed by atoms with Crippen LogP contribution in [-0.4, -0.2) is 41.1 Å². The molecule has 0 aliphatic heterocycles. The second kappa shape index (κ2) is 10.7. The van der Waals surface area contributed by atoms with Crippen molar-refractivity contribution in [2.24, 2.45) is 0 Å². The molecule has 32 heavy (non-hydrogen) atoms. The molecule has 0 radical (unpaired) electrons. The Morgan fingerprint density at radius 3 is 2.31 bits per heavy atom. The maximum atomic E-state index is 14.6. The molecule has 0 heterocycles. The van der Waals surface area contributed by atoms with Gasteiger partial charge in [0.15, 0.2) is 11.5 Å². The quantitative estimate of drug-likeness (QED) is 0.600. The van der Waals surface area contributed by atoms with E-state index in [9.17, 15) is 17.6 Å². The van der Waals surface area contributed by atoms with Gasteiger partial charge in [0.25, 0.3) is 10.0 Å². The monoisotopic (exact) mass is 464 g/mol. The van der Waals surface area contributed by atoms with Crippen LogP contribution in [0.1, 0.15) is 38.5 Å². The second-order valence-electron chi connectivity index (χ2n) is 7.74. The number of amides is 1. The highest BCUT2D eigenvalue weighted by Gasteiger charge is 2.30. The fourth-order valence-electron chi connectivity index (χ4n) is 3.89. The second-order valence-corrected chi connectivity index (χ2v) is 9.60. The minimum Gasteiger partial charge on any atom is -0.493 e. The molecular weight excluding hydrogens is 435 g/mol. The number of methoxy groups -OCH3 is 2. The lowest BCUT2D eigenvalue weighted by atomic mass is 10.1. The first-order valence-corrected chi connectivity index (χ1v) is 12.1. The van der Waals surface area contributed by atoms with E-state index in [-0.39, 0.29) is 22.4 Å². The number of hydrogen-bond donors (Lipinski definition) is 1. The predicted octanol–water partition coefficient (Wildman–Crippen LogP) is 3.88. The molecule has 1 fully saturated rings. The number of nitrogens with zero attached hydrogens (tertiary/aromatic N) is 1.